The fourth-order valence-corrected chi connectivity index (χ4v) is 2.60. The fourth-order valence-electron chi connectivity index (χ4n) is 2.10. The second-order valence-corrected chi connectivity index (χ2v) is 5.56. The van der Waals surface area contributed by atoms with Gasteiger partial charge in [-0.3, -0.25) is 4.68 Å². The lowest BCUT2D eigenvalue weighted by molar-refractivity contribution is 0.517. The van der Waals surface area contributed by atoms with Gasteiger partial charge in [-0.05, 0) is 54.0 Å². The molecule has 1 saturated carbocycles. The Labute approximate surface area is 106 Å². The highest BCUT2D eigenvalue weighted by atomic mass is 79.9. The molecule has 0 amide bonds. The summed E-state index contributed by atoms with van der Waals surface area (Å²) < 4.78 is 3.23. The fraction of sp³-hybridized carbons (Fsp3) is 0.750. The van der Waals surface area contributed by atoms with E-state index in [1.807, 2.05) is 6.20 Å². The number of aryl methyl sites for hydroxylation is 1. The Morgan fingerprint density at radius 2 is 2.38 bits per heavy atom. The van der Waals surface area contributed by atoms with Crippen molar-refractivity contribution >= 4 is 15.9 Å². The molecule has 90 valence electrons. The number of aromatic nitrogens is 2. The standard InChI is InChI=1S/C12H20BrN3/c1-2-7-16-12(10(13)8-15-16)6-5-11(14)9-3-4-9/h8-9,11H,2-7,14H2,1H3. The van der Waals surface area contributed by atoms with Crippen LogP contribution in [0, 0.1) is 5.92 Å². The molecule has 1 aliphatic carbocycles. The van der Waals surface area contributed by atoms with Crippen LogP contribution >= 0.6 is 15.9 Å². The Kier molecular flexibility index (Phi) is 4.03. The molecule has 1 atom stereocenters. The second-order valence-electron chi connectivity index (χ2n) is 4.70. The van der Waals surface area contributed by atoms with Crippen LogP contribution in [0.3, 0.4) is 0 Å². The summed E-state index contributed by atoms with van der Waals surface area (Å²) >= 11 is 3.57. The van der Waals surface area contributed by atoms with E-state index in [1.54, 1.807) is 0 Å². The monoisotopic (exact) mass is 285 g/mol. The highest BCUT2D eigenvalue weighted by Gasteiger charge is 2.28. The molecule has 0 spiro atoms. The zero-order chi connectivity index (χ0) is 11.5. The normalized spacial score (nSPS) is 17.7. The number of hydrogen-bond acceptors (Lipinski definition) is 2. The largest absolute Gasteiger partial charge is 0.327 e. The molecule has 16 heavy (non-hydrogen) atoms. The zero-order valence-electron chi connectivity index (χ0n) is 9.82. The van der Waals surface area contributed by atoms with Gasteiger partial charge in [0.15, 0.2) is 0 Å². The summed E-state index contributed by atoms with van der Waals surface area (Å²) in [6, 6.07) is 0.386. The van der Waals surface area contributed by atoms with Crippen LogP contribution < -0.4 is 5.73 Å². The predicted octanol–water partition coefficient (Wildman–Crippen LogP) is 2.73. The van der Waals surface area contributed by atoms with Gasteiger partial charge in [0.1, 0.15) is 0 Å². The highest BCUT2D eigenvalue weighted by molar-refractivity contribution is 9.10. The van der Waals surface area contributed by atoms with Crippen LogP contribution in [-0.4, -0.2) is 15.8 Å². The van der Waals surface area contributed by atoms with Crippen molar-refractivity contribution in [2.45, 2.75) is 51.6 Å². The van der Waals surface area contributed by atoms with Crippen LogP contribution in [0.2, 0.25) is 0 Å². The van der Waals surface area contributed by atoms with E-state index in [2.05, 4.69) is 32.6 Å². The lowest BCUT2D eigenvalue weighted by atomic mass is 10.1. The van der Waals surface area contributed by atoms with E-state index >= 15 is 0 Å². The maximum atomic E-state index is 6.12. The van der Waals surface area contributed by atoms with Gasteiger partial charge in [-0.1, -0.05) is 6.92 Å². The van der Waals surface area contributed by atoms with E-state index in [0.717, 1.165) is 36.2 Å². The van der Waals surface area contributed by atoms with Crippen molar-refractivity contribution < 1.29 is 0 Å². The van der Waals surface area contributed by atoms with Crippen LogP contribution in [0.25, 0.3) is 0 Å². The third kappa shape index (κ3) is 2.86. The molecule has 0 radical (unpaired) electrons. The van der Waals surface area contributed by atoms with Crippen molar-refractivity contribution in [2.24, 2.45) is 11.7 Å². The second kappa shape index (κ2) is 5.32. The molecule has 4 heteroatoms. The molecule has 1 aliphatic rings. The first-order valence-corrected chi connectivity index (χ1v) is 6.97. The van der Waals surface area contributed by atoms with Gasteiger partial charge in [-0.15, -0.1) is 0 Å². The molecule has 0 aliphatic heterocycles. The highest BCUT2D eigenvalue weighted by Crippen LogP contribution is 2.33. The summed E-state index contributed by atoms with van der Waals surface area (Å²) in [6.07, 6.45) is 7.80. The Hall–Kier alpha value is -0.350. The molecule has 1 fully saturated rings. The molecule has 2 rings (SSSR count). The Morgan fingerprint density at radius 3 is 3.00 bits per heavy atom. The van der Waals surface area contributed by atoms with Crippen molar-refractivity contribution in [3.8, 4) is 0 Å². The van der Waals surface area contributed by atoms with Gasteiger partial charge >= 0.3 is 0 Å². The summed E-state index contributed by atoms with van der Waals surface area (Å²) in [5.41, 5.74) is 7.43. The smallest absolute Gasteiger partial charge is 0.0635 e. The van der Waals surface area contributed by atoms with E-state index in [9.17, 15) is 0 Å². The topological polar surface area (TPSA) is 43.8 Å². The van der Waals surface area contributed by atoms with E-state index < -0.39 is 0 Å². The molecular formula is C12H20BrN3. The summed E-state index contributed by atoms with van der Waals surface area (Å²) in [5.74, 6) is 0.793. The predicted molar refractivity (Wildman–Crippen MR) is 69.2 cm³/mol. The number of nitrogens with two attached hydrogens (primary N) is 1. The Morgan fingerprint density at radius 1 is 1.62 bits per heavy atom. The van der Waals surface area contributed by atoms with Gasteiger partial charge in [-0.2, -0.15) is 5.10 Å². The van der Waals surface area contributed by atoms with Gasteiger partial charge in [0.2, 0.25) is 0 Å². The van der Waals surface area contributed by atoms with E-state index in [1.165, 1.54) is 18.5 Å². The van der Waals surface area contributed by atoms with Crippen LogP contribution in [0.4, 0.5) is 0 Å². The number of nitrogens with zero attached hydrogens (tertiary/aromatic N) is 2. The number of halogens is 1. The van der Waals surface area contributed by atoms with Crippen LogP contribution in [0.5, 0.6) is 0 Å². The molecule has 3 nitrogen and oxygen atoms in total. The van der Waals surface area contributed by atoms with Crippen molar-refractivity contribution in [3.63, 3.8) is 0 Å². The third-order valence-electron chi connectivity index (χ3n) is 3.28. The number of rotatable bonds is 6. The van der Waals surface area contributed by atoms with Gasteiger partial charge in [0.25, 0.3) is 0 Å². The third-order valence-corrected chi connectivity index (χ3v) is 3.94. The maximum absolute atomic E-state index is 6.12. The van der Waals surface area contributed by atoms with Crippen molar-refractivity contribution in [1.29, 1.82) is 0 Å². The molecule has 1 unspecified atom stereocenters. The zero-order valence-corrected chi connectivity index (χ0v) is 11.4. The van der Waals surface area contributed by atoms with Gasteiger partial charge in [0, 0.05) is 12.6 Å². The minimum Gasteiger partial charge on any atom is -0.327 e. The van der Waals surface area contributed by atoms with Crippen LogP contribution in [0.15, 0.2) is 10.7 Å². The van der Waals surface area contributed by atoms with Crippen LogP contribution in [-0.2, 0) is 13.0 Å². The maximum Gasteiger partial charge on any atom is 0.0635 e. The summed E-state index contributed by atoms with van der Waals surface area (Å²) in [7, 11) is 0. The van der Waals surface area contributed by atoms with Crippen LogP contribution in [0.1, 0.15) is 38.3 Å². The van der Waals surface area contributed by atoms with Gasteiger partial charge < -0.3 is 5.73 Å². The summed E-state index contributed by atoms with van der Waals surface area (Å²) in [5, 5.41) is 4.37. The molecule has 1 aromatic heterocycles. The minimum absolute atomic E-state index is 0.386. The lowest BCUT2D eigenvalue weighted by Gasteiger charge is -2.11. The first kappa shape index (κ1) is 12.1. The molecule has 1 heterocycles. The Bertz CT molecular complexity index is 344. The lowest BCUT2D eigenvalue weighted by Crippen LogP contribution is -2.23. The van der Waals surface area contributed by atoms with E-state index in [4.69, 9.17) is 5.73 Å². The van der Waals surface area contributed by atoms with Gasteiger partial charge in [-0.25, -0.2) is 0 Å². The Balaban J connectivity index is 1.93. The van der Waals surface area contributed by atoms with Crippen molar-refractivity contribution in [1.82, 2.24) is 9.78 Å². The number of hydrogen-bond donors (Lipinski definition) is 1. The van der Waals surface area contributed by atoms with Crippen molar-refractivity contribution in [3.05, 3.63) is 16.4 Å². The van der Waals surface area contributed by atoms with Crippen molar-refractivity contribution in [2.75, 3.05) is 0 Å². The first-order chi connectivity index (χ1) is 7.72. The average Bonchev–Trinajstić information content (AvgIpc) is 3.04. The van der Waals surface area contributed by atoms with E-state index in [0.29, 0.717) is 6.04 Å². The molecule has 0 aromatic carbocycles. The summed E-state index contributed by atoms with van der Waals surface area (Å²) in [6.45, 7) is 3.18. The van der Waals surface area contributed by atoms with Gasteiger partial charge in [0.05, 0.1) is 16.4 Å². The quantitative estimate of drug-likeness (QED) is 0.873. The molecule has 0 bridgehead atoms. The van der Waals surface area contributed by atoms with E-state index in [-0.39, 0.29) is 0 Å². The minimum atomic E-state index is 0.386. The molecular weight excluding hydrogens is 266 g/mol. The molecule has 2 N–H and O–H groups in total. The SMILES string of the molecule is CCCn1ncc(Br)c1CCC(N)C1CC1. The first-order valence-electron chi connectivity index (χ1n) is 6.18. The summed E-state index contributed by atoms with van der Waals surface area (Å²) in [4.78, 5) is 0. The average molecular weight is 286 g/mol. The molecule has 1 aromatic rings. The molecule has 0 saturated heterocycles.